The second kappa shape index (κ2) is 10.2. The molecule has 10 nitrogen and oxygen atoms in total. The van der Waals surface area contributed by atoms with Gasteiger partial charge in [0.1, 0.15) is 11.9 Å². The van der Waals surface area contributed by atoms with E-state index in [1.54, 1.807) is 48.2 Å². The number of carbonyl (C=O) groups excluding carboxylic acids is 2. The van der Waals surface area contributed by atoms with Gasteiger partial charge in [0.05, 0.1) is 18.2 Å². The number of aliphatic hydroxyl groups is 1. The van der Waals surface area contributed by atoms with Crippen LogP contribution < -0.4 is 30.2 Å². The maximum Gasteiger partial charge on any atom is 0.323 e. The third-order valence-electron chi connectivity index (χ3n) is 5.96. The maximum atomic E-state index is 13.4. The Bertz CT molecular complexity index is 1060. The lowest BCUT2D eigenvalue weighted by Crippen LogP contribution is -2.49. The number of nitrogens with zero attached hydrogens (tertiary/aromatic N) is 1. The third kappa shape index (κ3) is 5.02. The largest absolute Gasteiger partial charge is 0.488 e. The Morgan fingerprint density at radius 1 is 1.12 bits per heavy atom. The van der Waals surface area contributed by atoms with Crippen LogP contribution in [-0.2, 0) is 0 Å². The number of aliphatic hydroxyl groups excluding tert-OH is 1. The van der Waals surface area contributed by atoms with E-state index in [2.05, 4.69) is 16.0 Å². The summed E-state index contributed by atoms with van der Waals surface area (Å²) in [7, 11) is 1.85. The van der Waals surface area contributed by atoms with Crippen LogP contribution in [0.2, 0.25) is 0 Å². The normalized spacial score (nSPS) is 20.0. The van der Waals surface area contributed by atoms with Crippen LogP contribution in [0.1, 0.15) is 24.2 Å². The van der Waals surface area contributed by atoms with E-state index in [-0.39, 0.29) is 37.4 Å². The van der Waals surface area contributed by atoms with Gasteiger partial charge in [-0.15, -0.1) is 0 Å². The molecule has 3 amide bonds. The molecule has 0 radical (unpaired) electrons. The quantitative estimate of drug-likeness (QED) is 0.512. The Labute approximate surface area is 198 Å². The van der Waals surface area contributed by atoms with E-state index in [4.69, 9.17) is 14.2 Å². The number of likely N-dealkylation sites (N-methyl/N-ethyl adjacent to an activating group) is 1. The summed E-state index contributed by atoms with van der Waals surface area (Å²) in [5, 5.41) is 18.4. The van der Waals surface area contributed by atoms with Crippen molar-refractivity contribution in [3.63, 3.8) is 0 Å². The number of benzene rings is 2. The van der Waals surface area contributed by atoms with Crippen LogP contribution in [0, 0.1) is 5.92 Å². The van der Waals surface area contributed by atoms with Crippen molar-refractivity contribution >= 4 is 23.3 Å². The number of hydrogen-bond acceptors (Lipinski definition) is 7. The van der Waals surface area contributed by atoms with Crippen LogP contribution in [0.4, 0.5) is 16.2 Å². The molecule has 2 aliphatic rings. The number of fused-ring (bicyclic) bond motifs is 2. The fraction of sp³-hybridized carbons (Fsp3) is 0.417. The Morgan fingerprint density at radius 2 is 1.79 bits per heavy atom. The van der Waals surface area contributed by atoms with Gasteiger partial charge in [0, 0.05) is 36.4 Å². The van der Waals surface area contributed by atoms with Gasteiger partial charge in [-0.2, -0.15) is 0 Å². The van der Waals surface area contributed by atoms with Gasteiger partial charge in [-0.05, 0) is 44.3 Å². The van der Waals surface area contributed by atoms with Crippen molar-refractivity contribution in [2.75, 3.05) is 44.2 Å². The summed E-state index contributed by atoms with van der Waals surface area (Å²) in [6.45, 7) is 4.87. The van der Waals surface area contributed by atoms with Gasteiger partial charge in [0.2, 0.25) is 6.79 Å². The maximum absolute atomic E-state index is 13.4. The Morgan fingerprint density at radius 3 is 2.50 bits per heavy atom. The number of anilines is 2. The lowest BCUT2D eigenvalue weighted by molar-refractivity contribution is 0.0416. The number of amides is 3. The van der Waals surface area contributed by atoms with Crippen molar-refractivity contribution in [1.29, 1.82) is 0 Å². The standard InChI is InChI=1S/C24H30N4O6/c1-14-11-28(15(2)12-29)23(30)18-8-16(4-6-19(18)34-22(14)10-25-3)26-24(31)27-17-5-7-20-21(9-17)33-13-32-20/h4-9,14-15,22,25,29H,10-13H2,1-3H3,(H2,26,27,31)/t14-,15+,22-/m1/s1. The van der Waals surface area contributed by atoms with E-state index >= 15 is 0 Å². The zero-order valence-corrected chi connectivity index (χ0v) is 19.5. The lowest BCUT2D eigenvalue weighted by Gasteiger charge is -2.37. The zero-order chi connectivity index (χ0) is 24.2. The lowest BCUT2D eigenvalue weighted by atomic mass is 9.99. The van der Waals surface area contributed by atoms with Crippen molar-refractivity contribution in [3.05, 3.63) is 42.0 Å². The number of rotatable bonds is 6. The molecule has 182 valence electrons. The van der Waals surface area contributed by atoms with Gasteiger partial charge in [0.15, 0.2) is 11.5 Å². The minimum atomic E-state index is -0.472. The Kier molecular flexibility index (Phi) is 7.09. The molecule has 2 aromatic carbocycles. The topological polar surface area (TPSA) is 121 Å². The SMILES string of the molecule is CNC[C@H]1Oc2ccc(NC(=O)Nc3ccc4c(c3)OCO4)cc2C(=O)N([C@@H](C)CO)C[C@H]1C. The van der Waals surface area contributed by atoms with Crippen LogP contribution >= 0.6 is 0 Å². The van der Waals surface area contributed by atoms with E-state index in [1.165, 1.54) is 0 Å². The summed E-state index contributed by atoms with van der Waals surface area (Å²) < 4.78 is 16.8. The molecule has 0 aromatic heterocycles. The van der Waals surface area contributed by atoms with Crippen molar-refractivity contribution in [3.8, 4) is 17.2 Å². The molecule has 34 heavy (non-hydrogen) atoms. The van der Waals surface area contributed by atoms with Crippen LogP contribution in [0.15, 0.2) is 36.4 Å². The minimum absolute atomic E-state index is 0.0452. The number of hydrogen-bond donors (Lipinski definition) is 4. The monoisotopic (exact) mass is 470 g/mol. The molecule has 2 aromatic rings. The van der Waals surface area contributed by atoms with Gasteiger partial charge >= 0.3 is 6.03 Å². The second-order valence-corrected chi connectivity index (χ2v) is 8.54. The van der Waals surface area contributed by atoms with Crippen LogP contribution in [0.25, 0.3) is 0 Å². The minimum Gasteiger partial charge on any atom is -0.488 e. The molecule has 0 unspecified atom stereocenters. The molecule has 0 bridgehead atoms. The summed E-state index contributed by atoms with van der Waals surface area (Å²) in [5.74, 6) is 1.41. The van der Waals surface area contributed by atoms with Crippen molar-refractivity contribution in [2.45, 2.75) is 26.0 Å². The van der Waals surface area contributed by atoms with Crippen LogP contribution in [-0.4, -0.2) is 67.6 Å². The first kappa shape index (κ1) is 23.7. The average Bonchev–Trinajstić information content (AvgIpc) is 3.29. The molecule has 10 heteroatoms. The summed E-state index contributed by atoms with van der Waals surface area (Å²) in [5.41, 5.74) is 1.30. The molecular formula is C24H30N4O6. The molecule has 0 spiro atoms. The van der Waals surface area contributed by atoms with Gasteiger partial charge in [0.25, 0.3) is 5.91 Å². The van der Waals surface area contributed by atoms with E-state index < -0.39 is 6.03 Å². The van der Waals surface area contributed by atoms with E-state index in [1.807, 2.05) is 14.0 Å². The summed E-state index contributed by atoms with van der Waals surface area (Å²) in [4.78, 5) is 27.7. The van der Waals surface area contributed by atoms with Gasteiger partial charge in [-0.25, -0.2) is 4.79 Å². The van der Waals surface area contributed by atoms with E-state index in [9.17, 15) is 14.7 Å². The van der Waals surface area contributed by atoms with E-state index in [0.29, 0.717) is 47.3 Å². The second-order valence-electron chi connectivity index (χ2n) is 8.54. The van der Waals surface area contributed by atoms with Crippen LogP contribution in [0.5, 0.6) is 17.2 Å². The predicted molar refractivity (Wildman–Crippen MR) is 127 cm³/mol. The van der Waals surface area contributed by atoms with Gasteiger partial charge in [-0.3, -0.25) is 4.79 Å². The molecule has 2 aliphatic heterocycles. The van der Waals surface area contributed by atoms with Gasteiger partial charge in [-0.1, -0.05) is 6.92 Å². The summed E-state index contributed by atoms with van der Waals surface area (Å²) >= 11 is 0. The van der Waals surface area contributed by atoms with Crippen molar-refractivity contribution in [2.24, 2.45) is 5.92 Å². The fourth-order valence-electron chi connectivity index (χ4n) is 4.01. The number of carbonyl (C=O) groups is 2. The van der Waals surface area contributed by atoms with E-state index in [0.717, 1.165) is 0 Å². The first-order valence-electron chi connectivity index (χ1n) is 11.2. The molecule has 4 rings (SSSR count). The molecule has 3 atom stereocenters. The van der Waals surface area contributed by atoms with Crippen LogP contribution in [0.3, 0.4) is 0 Å². The number of nitrogens with one attached hydrogen (secondary N) is 3. The molecule has 4 N–H and O–H groups in total. The first-order chi connectivity index (χ1) is 16.4. The summed E-state index contributed by atoms with van der Waals surface area (Å²) in [6, 6.07) is 9.25. The van der Waals surface area contributed by atoms with Crippen molar-refractivity contribution in [1.82, 2.24) is 10.2 Å². The molecule has 0 aliphatic carbocycles. The average molecular weight is 471 g/mol. The third-order valence-corrected chi connectivity index (χ3v) is 5.96. The zero-order valence-electron chi connectivity index (χ0n) is 19.5. The molecule has 2 heterocycles. The Balaban J connectivity index is 1.55. The summed E-state index contributed by atoms with van der Waals surface area (Å²) in [6.07, 6.45) is -0.168. The Hall–Kier alpha value is -3.50. The number of ether oxygens (including phenoxy) is 3. The molecular weight excluding hydrogens is 440 g/mol. The fourth-order valence-corrected chi connectivity index (χ4v) is 4.01. The highest BCUT2D eigenvalue weighted by Gasteiger charge is 2.32. The molecule has 0 saturated carbocycles. The van der Waals surface area contributed by atoms with Gasteiger partial charge < -0.3 is 40.2 Å². The molecule has 0 fully saturated rings. The predicted octanol–water partition coefficient (Wildman–Crippen LogP) is 2.50. The highest BCUT2D eigenvalue weighted by Crippen LogP contribution is 2.34. The van der Waals surface area contributed by atoms with Crippen molar-refractivity contribution < 1.29 is 28.9 Å². The molecule has 0 saturated heterocycles. The first-order valence-corrected chi connectivity index (χ1v) is 11.2. The smallest absolute Gasteiger partial charge is 0.323 e. The highest BCUT2D eigenvalue weighted by molar-refractivity contribution is 6.02. The number of urea groups is 1. The highest BCUT2D eigenvalue weighted by atomic mass is 16.7.